The number of rotatable bonds is 2. The Balaban J connectivity index is 2.05. The van der Waals surface area contributed by atoms with E-state index in [0.717, 1.165) is 6.42 Å². The molecule has 3 rings (SSSR count). The van der Waals surface area contributed by atoms with E-state index in [1.54, 1.807) is 13.1 Å². The van der Waals surface area contributed by atoms with Crippen molar-refractivity contribution in [1.82, 2.24) is 14.9 Å². The van der Waals surface area contributed by atoms with Crippen molar-refractivity contribution in [1.29, 1.82) is 0 Å². The normalized spacial score (nSPS) is 39.4. The van der Waals surface area contributed by atoms with Crippen LogP contribution in [0.4, 0.5) is 0 Å². The maximum atomic E-state index is 12.0. The predicted octanol–water partition coefficient (Wildman–Crippen LogP) is 0.519. The molecule has 1 aromatic heterocycles. The van der Waals surface area contributed by atoms with Crippen LogP contribution in [0.2, 0.25) is 0 Å². The number of hydrogen-bond acceptors (Lipinski definition) is 4. The number of aryl methyl sites for hydroxylation is 1. The number of ether oxygens (including phenoxy) is 1. The van der Waals surface area contributed by atoms with E-state index < -0.39 is 5.69 Å². The molecule has 6 nitrogen and oxygen atoms in total. The van der Waals surface area contributed by atoms with E-state index in [1.807, 2.05) is 0 Å². The van der Waals surface area contributed by atoms with Crippen molar-refractivity contribution >= 4 is 0 Å². The summed E-state index contributed by atoms with van der Waals surface area (Å²) in [6, 6.07) is 0.358. The van der Waals surface area contributed by atoms with Gasteiger partial charge in [0.25, 0.3) is 5.56 Å². The number of morpholine rings is 1. The number of H-pyrrole nitrogens is 1. The number of hydrogen-bond donors (Lipinski definition) is 2. The van der Waals surface area contributed by atoms with E-state index in [0.29, 0.717) is 11.5 Å². The molecule has 0 aliphatic carbocycles. The largest absolute Gasteiger partial charge is 0.348 e. The summed E-state index contributed by atoms with van der Waals surface area (Å²) in [4.78, 5) is 25.9. The van der Waals surface area contributed by atoms with E-state index in [9.17, 15) is 9.59 Å². The van der Waals surface area contributed by atoms with Gasteiger partial charge >= 0.3 is 5.69 Å². The van der Waals surface area contributed by atoms with Crippen LogP contribution in [0, 0.1) is 12.8 Å². The lowest BCUT2D eigenvalue weighted by Gasteiger charge is -2.37. The zero-order valence-electron chi connectivity index (χ0n) is 12.3. The molecule has 0 aromatic carbocycles. The number of aromatic nitrogens is 2. The first-order chi connectivity index (χ1) is 9.40. The molecule has 2 N–H and O–H groups in total. The molecule has 0 amide bonds. The Morgan fingerprint density at radius 3 is 2.70 bits per heavy atom. The van der Waals surface area contributed by atoms with Crippen LogP contribution in [0.5, 0.6) is 0 Å². The van der Waals surface area contributed by atoms with Gasteiger partial charge in [0.2, 0.25) is 0 Å². The van der Waals surface area contributed by atoms with E-state index in [-0.39, 0.29) is 29.5 Å². The lowest BCUT2D eigenvalue weighted by molar-refractivity contribution is -0.122. The number of fused-ring (bicyclic) bond motifs is 2. The molecule has 0 saturated carbocycles. The highest BCUT2D eigenvalue weighted by molar-refractivity contribution is 5.14. The van der Waals surface area contributed by atoms with Gasteiger partial charge in [-0.15, -0.1) is 0 Å². The van der Waals surface area contributed by atoms with E-state index in [1.165, 1.54) is 4.57 Å². The van der Waals surface area contributed by atoms with Gasteiger partial charge in [-0.1, -0.05) is 13.8 Å². The fourth-order valence-corrected chi connectivity index (χ4v) is 3.83. The van der Waals surface area contributed by atoms with Crippen molar-refractivity contribution in [2.45, 2.75) is 58.0 Å². The first-order valence-electron chi connectivity index (χ1n) is 7.16. The lowest BCUT2D eigenvalue weighted by atomic mass is 9.84. The fraction of sp³-hybridized carbons (Fsp3) is 0.714. The second-order valence-electron chi connectivity index (χ2n) is 6.00. The van der Waals surface area contributed by atoms with Gasteiger partial charge in [0.15, 0.2) is 6.23 Å². The summed E-state index contributed by atoms with van der Waals surface area (Å²) in [5, 5.41) is 3.53. The van der Waals surface area contributed by atoms with Gasteiger partial charge in [-0.2, -0.15) is 0 Å². The molecule has 5 atom stereocenters. The first kappa shape index (κ1) is 13.6. The van der Waals surface area contributed by atoms with Crippen molar-refractivity contribution < 1.29 is 4.74 Å². The molecule has 2 saturated heterocycles. The average Bonchev–Trinajstić information content (AvgIpc) is 2.81. The maximum absolute atomic E-state index is 12.0. The van der Waals surface area contributed by atoms with Gasteiger partial charge in [0, 0.05) is 23.7 Å². The highest BCUT2D eigenvalue weighted by atomic mass is 16.5. The summed E-state index contributed by atoms with van der Waals surface area (Å²) in [7, 11) is 0. The number of aromatic amines is 1. The predicted molar refractivity (Wildman–Crippen MR) is 74.8 cm³/mol. The number of nitrogens with one attached hydrogen (secondary N) is 2. The van der Waals surface area contributed by atoms with E-state index in [2.05, 4.69) is 31.1 Å². The highest BCUT2D eigenvalue weighted by Gasteiger charge is 2.61. The molecule has 2 aliphatic rings. The number of nitrogens with zero attached hydrogens (tertiary/aromatic N) is 1. The molecule has 2 fully saturated rings. The summed E-state index contributed by atoms with van der Waals surface area (Å²) in [6.07, 6.45) is 2.13. The molecule has 6 heteroatoms. The van der Waals surface area contributed by atoms with Crippen molar-refractivity contribution in [2.24, 2.45) is 5.92 Å². The van der Waals surface area contributed by atoms with Crippen LogP contribution < -0.4 is 16.6 Å². The van der Waals surface area contributed by atoms with Crippen LogP contribution in [0.1, 0.15) is 39.0 Å². The minimum Gasteiger partial charge on any atom is -0.348 e. The lowest BCUT2D eigenvalue weighted by Crippen LogP contribution is -2.51. The molecule has 3 heterocycles. The monoisotopic (exact) mass is 279 g/mol. The van der Waals surface area contributed by atoms with Gasteiger partial charge in [-0.3, -0.25) is 14.3 Å². The van der Waals surface area contributed by atoms with E-state index in [4.69, 9.17) is 4.74 Å². The molecular weight excluding hydrogens is 258 g/mol. The minimum atomic E-state index is -0.411. The van der Waals surface area contributed by atoms with Crippen LogP contribution in [-0.2, 0) is 4.74 Å². The average molecular weight is 279 g/mol. The van der Waals surface area contributed by atoms with Crippen LogP contribution in [0.25, 0.3) is 0 Å². The molecular formula is C14H21N3O3. The fourth-order valence-electron chi connectivity index (χ4n) is 3.83. The van der Waals surface area contributed by atoms with Crippen LogP contribution >= 0.6 is 0 Å². The molecule has 0 spiro atoms. The second kappa shape index (κ2) is 4.30. The van der Waals surface area contributed by atoms with E-state index >= 15 is 0 Å². The summed E-state index contributed by atoms with van der Waals surface area (Å²) >= 11 is 0. The molecule has 2 bridgehead atoms. The van der Waals surface area contributed by atoms with Crippen LogP contribution in [0.15, 0.2) is 15.8 Å². The molecule has 0 radical (unpaired) electrons. The standard InChI is InChI=1S/C14H21N3O3/c1-5-14-8(3)10(15-9(14)4)12(20-14)17-6-7(2)11(18)16-13(17)19/h6,8-10,12,15H,5H2,1-4H3,(H,16,18,19)/t8-,9+,10+,12+,14+/m0/s1. The summed E-state index contributed by atoms with van der Waals surface area (Å²) in [5.74, 6) is 0.326. The van der Waals surface area contributed by atoms with Gasteiger partial charge in [-0.25, -0.2) is 4.79 Å². The maximum Gasteiger partial charge on any atom is 0.330 e. The Kier molecular flexibility index (Phi) is 2.92. The third-order valence-electron chi connectivity index (χ3n) is 5.10. The SMILES string of the molecule is CC[C@]12O[C@@H](n3cc(C)c(=O)[nH]c3=O)[C@H](N[C@@H]1C)[C@@H]2C. The Morgan fingerprint density at radius 2 is 2.10 bits per heavy atom. The van der Waals surface area contributed by atoms with Gasteiger partial charge < -0.3 is 10.1 Å². The van der Waals surface area contributed by atoms with Crippen LogP contribution in [0.3, 0.4) is 0 Å². The van der Waals surface area contributed by atoms with Crippen molar-refractivity contribution in [3.63, 3.8) is 0 Å². The quantitative estimate of drug-likeness (QED) is 0.827. The molecule has 0 unspecified atom stereocenters. The zero-order valence-corrected chi connectivity index (χ0v) is 12.3. The molecule has 20 heavy (non-hydrogen) atoms. The van der Waals surface area contributed by atoms with Gasteiger partial charge in [-0.05, 0) is 20.3 Å². The van der Waals surface area contributed by atoms with Crippen molar-refractivity contribution in [2.75, 3.05) is 0 Å². The Labute approximate surface area is 117 Å². The van der Waals surface area contributed by atoms with Crippen LogP contribution in [-0.4, -0.2) is 27.2 Å². The molecule has 1 aromatic rings. The minimum absolute atomic E-state index is 0.0907. The van der Waals surface area contributed by atoms with Gasteiger partial charge in [0.1, 0.15) is 0 Å². The second-order valence-corrected chi connectivity index (χ2v) is 6.00. The summed E-state index contributed by atoms with van der Waals surface area (Å²) in [6.45, 7) is 8.09. The molecule has 110 valence electrons. The Hall–Kier alpha value is -1.40. The third kappa shape index (κ3) is 1.58. The van der Waals surface area contributed by atoms with Gasteiger partial charge in [0.05, 0.1) is 11.6 Å². The Morgan fingerprint density at radius 1 is 1.40 bits per heavy atom. The summed E-state index contributed by atoms with van der Waals surface area (Å²) in [5.41, 5.74) is -0.471. The highest BCUT2D eigenvalue weighted by Crippen LogP contribution is 2.50. The Bertz CT molecular complexity index is 650. The zero-order chi connectivity index (χ0) is 14.7. The van der Waals surface area contributed by atoms with Crippen molar-refractivity contribution in [3.05, 3.63) is 32.6 Å². The van der Waals surface area contributed by atoms with Crippen molar-refractivity contribution in [3.8, 4) is 0 Å². The first-order valence-corrected chi connectivity index (χ1v) is 7.16. The smallest absolute Gasteiger partial charge is 0.330 e. The topological polar surface area (TPSA) is 76.1 Å². The third-order valence-corrected chi connectivity index (χ3v) is 5.10. The molecule has 2 aliphatic heterocycles. The summed E-state index contributed by atoms with van der Waals surface area (Å²) < 4.78 is 7.77.